The lowest BCUT2D eigenvalue weighted by Gasteiger charge is -2.34. The second-order valence-electron chi connectivity index (χ2n) is 5.58. The van der Waals surface area contributed by atoms with Gasteiger partial charge in [0.25, 0.3) is 0 Å². The number of hydrogen-bond acceptors (Lipinski definition) is 4. The number of imidazole rings is 1. The Morgan fingerprint density at radius 1 is 0.952 bits per heavy atom. The topological polar surface area (TPSA) is 37.2 Å². The van der Waals surface area contributed by atoms with Crippen LogP contribution in [0.4, 0.5) is 0 Å². The van der Waals surface area contributed by atoms with Crippen molar-refractivity contribution in [1.82, 2.24) is 24.3 Å². The zero-order valence-corrected chi connectivity index (χ0v) is 12.6. The molecule has 0 amide bonds. The lowest BCUT2D eigenvalue weighted by atomic mass is 10.2. The van der Waals surface area contributed by atoms with Crippen molar-refractivity contribution < 1.29 is 0 Å². The average Bonchev–Trinajstić information content (AvgIpc) is 2.97. The van der Waals surface area contributed by atoms with Crippen molar-refractivity contribution in [3.63, 3.8) is 0 Å². The van der Waals surface area contributed by atoms with Gasteiger partial charge in [-0.05, 0) is 24.6 Å². The molecule has 0 bridgehead atoms. The third-order valence-corrected chi connectivity index (χ3v) is 4.15. The second kappa shape index (κ2) is 6.83. The Hall–Kier alpha value is -1.72. The van der Waals surface area contributed by atoms with Crippen LogP contribution in [0, 0.1) is 0 Å². The standard InChI is InChI=1S/C16H23N5/c1-2-21-14-18-11-16(21)13-20-9-7-19(8-10-20)12-15-3-5-17-6-4-15/h3-6,11,14H,2,7-10,12-13H2,1H3. The largest absolute Gasteiger partial charge is 0.334 e. The number of pyridine rings is 1. The molecule has 112 valence electrons. The quantitative estimate of drug-likeness (QED) is 0.836. The second-order valence-corrected chi connectivity index (χ2v) is 5.58. The highest BCUT2D eigenvalue weighted by Crippen LogP contribution is 2.11. The summed E-state index contributed by atoms with van der Waals surface area (Å²) in [5.74, 6) is 0. The SMILES string of the molecule is CCn1cncc1CN1CCN(Cc2ccncc2)CC1. The molecule has 0 atom stereocenters. The van der Waals surface area contributed by atoms with Crippen LogP contribution in [0.15, 0.2) is 37.1 Å². The van der Waals surface area contributed by atoms with Crippen molar-refractivity contribution in [3.8, 4) is 0 Å². The summed E-state index contributed by atoms with van der Waals surface area (Å²) in [5, 5.41) is 0. The maximum Gasteiger partial charge on any atom is 0.0948 e. The molecule has 5 heteroatoms. The van der Waals surface area contributed by atoms with Gasteiger partial charge in [-0.15, -0.1) is 0 Å². The molecule has 0 radical (unpaired) electrons. The Bertz CT molecular complexity index is 543. The predicted octanol–water partition coefficient (Wildman–Crippen LogP) is 1.62. The third kappa shape index (κ3) is 3.68. The van der Waals surface area contributed by atoms with Crippen molar-refractivity contribution in [2.24, 2.45) is 0 Å². The Balaban J connectivity index is 1.49. The van der Waals surface area contributed by atoms with Crippen LogP contribution < -0.4 is 0 Å². The molecule has 0 unspecified atom stereocenters. The van der Waals surface area contributed by atoms with Crippen LogP contribution in [0.5, 0.6) is 0 Å². The first-order valence-corrected chi connectivity index (χ1v) is 7.68. The monoisotopic (exact) mass is 285 g/mol. The minimum absolute atomic E-state index is 0.997. The van der Waals surface area contributed by atoms with Crippen molar-refractivity contribution in [1.29, 1.82) is 0 Å². The van der Waals surface area contributed by atoms with E-state index in [9.17, 15) is 0 Å². The van der Waals surface area contributed by atoms with E-state index < -0.39 is 0 Å². The number of aromatic nitrogens is 3. The van der Waals surface area contributed by atoms with Crippen LogP contribution in [0.25, 0.3) is 0 Å². The molecule has 3 rings (SSSR count). The maximum atomic E-state index is 4.25. The molecule has 3 heterocycles. The van der Waals surface area contributed by atoms with E-state index in [0.717, 1.165) is 45.8 Å². The van der Waals surface area contributed by atoms with Crippen LogP contribution in [-0.2, 0) is 19.6 Å². The lowest BCUT2D eigenvalue weighted by molar-refractivity contribution is 0.120. The van der Waals surface area contributed by atoms with E-state index in [1.165, 1.54) is 11.3 Å². The highest BCUT2D eigenvalue weighted by Gasteiger charge is 2.18. The summed E-state index contributed by atoms with van der Waals surface area (Å²) in [4.78, 5) is 13.4. The summed E-state index contributed by atoms with van der Waals surface area (Å²) >= 11 is 0. The maximum absolute atomic E-state index is 4.25. The van der Waals surface area contributed by atoms with Gasteiger partial charge in [0.2, 0.25) is 0 Å². The molecule has 0 saturated carbocycles. The fourth-order valence-corrected chi connectivity index (χ4v) is 2.85. The van der Waals surface area contributed by atoms with E-state index in [1.54, 1.807) is 0 Å². The van der Waals surface area contributed by atoms with E-state index in [0.29, 0.717) is 0 Å². The predicted molar refractivity (Wildman–Crippen MR) is 82.7 cm³/mol. The minimum Gasteiger partial charge on any atom is -0.334 e. The number of rotatable bonds is 5. The number of piperazine rings is 1. The summed E-state index contributed by atoms with van der Waals surface area (Å²) in [6.45, 7) is 9.71. The fraction of sp³-hybridized carbons (Fsp3) is 0.500. The summed E-state index contributed by atoms with van der Waals surface area (Å²) in [7, 11) is 0. The van der Waals surface area contributed by atoms with Crippen molar-refractivity contribution >= 4 is 0 Å². The van der Waals surface area contributed by atoms with E-state index in [1.807, 2.05) is 24.9 Å². The molecule has 2 aromatic rings. The lowest BCUT2D eigenvalue weighted by Crippen LogP contribution is -2.45. The van der Waals surface area contributed by atoms with E-state index in [4.69, 9.17) is 0 Å². The Kier molecular flexibility index (Phi) is 4.62. The highest BCUT2D eigenvalue weighted by atomic mass is 15.3. The fourth-order valence-electron chi connectivity index (χ4n) is 2.85. The molecule has 1 fully saturated rings. The van der Waals surface area contributed by atoms with Gasteiger partial charge in [0, 0.05) is 64.4 Å². The minimum atomic E-state index is 0.997. The van der Waals surface area contributed by atoms with Gasteiger partial charge in [-0.2, -0.15) is 0 Å². The molecular weight excluding hydrogens is 262 g/mol. The first kappa shape index (κ1) is 14.2. The van der Waals surface area contributed by atoms with Crippen LogP contribution in [0.1, 0.15) is 18.2 Å². The van der Waals surface area contributed by atoms with Gasteiger partial charge < -0.3 is 4.57 Å². The van der Waals surface area contributed by atoms with Gasteiger partial charge in [0.05, 0.1) is 12.0 Å². The average molecular weight is 285 g/mol. The molecule has 21 heavy (non-hydrogen) atoms. The first-order valence-electron chi connectivity index (χ1n) is 7.68. The van der Waals surface area contributed by atoms with Crippen LogP contribution in [-0.4, -0.2) is 50.5 Å². The van der Waals surface area contributed by atoms with Gasteiger partial charge >= 0.3 is 0 Å². The Morgan fingerprint density at radius 3 is 2.29 bits per heavy atom. The van der Waals surface area contributed by atoms with E-state index >= 15 is 0 Å². The van der Waals surface area contributed by atoms with Gasteiger partial charge in [0.1, 0.15) is 0 Å². The summed E-state index contributed by atoms with van der Waals surface area (Å²) < 4.78 is 2.23. The van der Waals surface area contributed by atoms with E-state index in [2.05, 4.69) is 43.4 Å². The molecular formula is C16H23N5. The van der Waals surface area contributed by atoms with Gasteiger partial charge in [-0.25, -0.2) is 4.98 Å². The first-order chi connectivity index (χ1) is 10.3. The highest BCUT2D eigenvalue weighted by molar-refractivity contribution is 5.09. The molecule has 0 aromatic carbocycles. The summed E-state index contributed by atoms with van der Waals surface area (Å²) in [5.41, 5.74) is 2.67. The van der Waals surface area contributed by atoms with Crippen molar-refractivity contribution in [3.05, 3.63) is 48.3 Å². The third-order valence-electron chi connectivity index (χ3n) is 4.15. The normalized spacial score (nSPS) is 17.2. The molecule has 5 nitrogen and oxygen atoms in total. The van der Waals surface area contributed by atoms with Crippen molar-refractivity contribution in [2.45, 2.75) is 26.6 Å². The molecule has 1 aliphatic rings. The number of hydrogen-bond donors (Lipinski definition) is 0. The van der Waals surface area contributed by atoms with Crippen LogP contribution in [0.2, 0.25) is 0 Å². The molecule has 0 N–H and O–H groups in total. The van der Waals surface area contributed by atoms with Crippen LogP contribution >= 0.6 is 0 Å². The zero-order chi connectivity index (χ0) is 14.5. The Labute approximate surface area is 126 Å². The molecule has 2 aromatic heterocycles. The number of nitrogens with zero attached hydrogens (tertiary/aromatic N) is 5. The number of aryl methyl sites for hydroxylation is 1. The molecule has 0 aliphatic carbocycles. The Morgan fingerprint density at radius 2 is 1.62 bits per heavy atom. The van der Waals surface area contributed by atoms with Crippen molar-refractivity contribution in [2.75, 3.05) is 26.2 Å². The van der Waals surface area contributed by atoms with Gasteiger partial charge in [-0.3, -0.25) is 14.8 Å². The van der Waals surface area contributed by atoms with Gasteiger partial charge in [-0.1, -0.05) is 0 Å². The smallest absolute Gasteiger partial charge is 0.0948 e. The molecule has 0 spiro atoms. The summed E-state index contributed by atoms with van der Waals surface area (Å²) in [6, 6.07) is 4.21. The zero-order valence-electron chi connectivity index (χ0n) is 12.6. The summed E-state index contributed by atoms with van der Waals surface area (Å²) in [6.07, 6.45) is 7.66. The molecule has 1 saturated heterocycles. The van der Waals surface area contributed by atoms with Gasteiger partial charge in [0.15, 0.2) is 0 Å². The van der Waals surface area contributed by atoms with Crippen LogP contribution in [0.3, 0.4) is 0 Å². The van der Waals surface area contributed by atoms with E-state index in [-0.39, 0.29) is 0 Å². The molecule has 1 aliphatic heterocycles.